The van der Waals surface area contributed by atoms with Gasteiger partial charge >= 0.3 is 0 Å². The first-order chi connectivity index (χ1) is 8.52. The lowest BCUT2D eigenvalue weighted by Crippen LogP contribution is -1.88. The van der Waals surface area contributed by atoms with Crippen LogP contribution >= 0.6 is 27.5 Å². The molecule has 0 aromatic heterocycles. The van der Waals surface area contributed by atoms with E-state index in [2.05, 4.69) is 27.5 Å². The van der Waals surface area contributed by atoms with Gasteiger partial charge in [0.15, 0.2) is 0 Å². The molecule has 1 nitrogen and oxygen atoms in total. The molecule has 0 aliphatic heterocycles. The highest BCUT2D eigenvalue weighted by Crippen LogP contribution is 2.19. The third kappa shape index (κ3) is 5.03. The molecular formula is C15H15BrClN. The van der Waals surface area contributed by atoms with Crippen molar-refractivity contribution in [1.82, 2.24) is 0 Å². The summed E-state index contributed by atoms with van der Waals surface area (Å²) in [7, 11) is 0. The number of hydrogen-bond donors (Lipinski definition) is 0. The maximum Gasteiger partial charge on any atom is 0.0662 e. The average Bonchev–Trinajstić information content (AvgIpc) is 2.34. The number of hydrogen-bond acceptors (Lipinski definition) is 1. The van der Waals surface area contributed by atoms with Crippen LogP contribution in [0.15, 0.2) is 63.6 Å². The molecule has 1 aromatic carbocycles. The van der Waals surface area contributed by atoms with E-state index in [-0.39, 0.29) is 0 Å². The van der Waals surface area contributed by atoms with Crippen LogP contribution in [0.1, 0.15) is 19.4 Å². The second-order valence-corrected chi connectivity index (χ2v) is 5.12. The van der Waals surface area contributed by atoms with Crippen LogP contribution in [0, 0.1) is 0 Å². The zero-order chi connectivity index (χ0) is 13.5. The Labute approximate surface area is 122 Å². The second kappa shape index (κ2) is 7.34. The van der Waals surface area contributed by atoms with Crippen LogP contribution in [0.5, 0.6) is 0 Å². The minimum absolute atomic E-state index is 0.496. The number of aliphatic imine (C=N–C) groups is 1. The van der Waals surface area contributed by atoms with E-state index in [1.165, 1.54) is 0 Å². The van der Waals surface area contributed by atoms with E-state index < -0.39 is 0 Å². The minimum Gasteiger partial charge on any atom is -0.253 e. The van der Waals surface area contributed by atoms with Crippen molar-refractivity contribution in [2.24, 2.45) is 4.99 Å². The molecule has 3 heteroatoms. The highest BCUT2D eigenvalue weighted by molar-refractivity contribution is 9.10. The van der Waals surface area contributed by atoms with Crippen LogP contribution in [0.25, 0.3) is 5.70 Å². The fourth-order valence-electron chi connectivity index (χ4n) is 1.35. The Morgan fingerprint density at radius 3 is 2.39 bits per heavy atom. The topological polar surface area (TPSA) is 12.4 Å². The quantitative estimate of drug-likeness (QED) is 0.506. The molecule has 1 aromatic rings. The number of rotatable bonds is 4. The first-order valence-electron chi connectivity index (χ1n) is 5.53. The molecule has 0 bridgehead atoms. The highest BCUT2D eigenvalue weighted by Gasteiger charge is 1.98. The van der Waals surface area contributed by atoms with E-state index in [0.717, 1.165) is 21.4 Å². The molecule has 0 heterocycles. The Kier molecular flexibility index (Phi) is 6.10. The van der Waals surface area contributed by atoms with Gasteiger partial charge in [-0.25, -0.2) is 0 Å². The summed E-state index contributed by atoms with van der Waals surface area (Å²) in [6.07, 6.45) is 5.56. The van der Waals surface area contributed by atoms with E-state index in [1.807, 2.05) is 50.3 Å². The Morgan fingerprint density at radius 2 is 1.89 bits per heavy atom. The number of nitrogens with zero attached hydrogens (tertiary/aromatic N) is 1. The van der Waals surface area contributed by atoms with E-state index in [1.54, 1.807) is 6.08 Å². The average molecular weight is 325 g/mol. The second-order valence-electron chi connectivity index (χ2n) is 3.71. The van der Waals surface area contributed by atoms with Crippen molar-refractivity contribution in [3.63, 3.8) is 0 Å². The highest BCUT2D eigenvalue weighted by atomic mass is 79.9. The standard InChI is InChI=1S/C15H15BrClN/c1-4-15(13-7-9-14(16)10-8-13)18-12(3)6-5-11(2)17/h4-10H,2H2,1,3H3/b6-5-,15-4?,18-12?. The van der Waals surface area contributed by atoms with Gasteiger partial charge in [0.05, 0.1) is 5.70 Å². The first-order valence-corrected chi connectivity index (χ1v) is 6.70. The summed E-state index contributed by atoms with van der Waals surface area (Å²) >= 11 is 9.09. The van der Waals surface area contributed by atoms with Crippen LogP contribution < -0.4 is 0 Å². The molecule has 0 unspecified atom stereocenters. The molecule has 0 fully saturated rings. The van der Waals surface area contributed by atoms with Crippen LogP contribution in [0.2, 0.25) is 0 Å². The van der Waals surface area contributed by atoms with Gasteiger partial charge in [-0.15, -0.1) is 0 Å². The lowest BCUT2D eigenvalue weighted by atomic mass is 10.1. The summed E-state index contributed by atoms with van der Waals surface area (Å²) in [6.45, 7) is 7.50. The van der Waals surface area contributed by atoms with Crippen molar-refractivity contribution in [1.29, 1.82) is 0 Å². The fourth-order valence-corrected chi connectivity index (χ4v) is 1.68. The predicted octanol–water partition coefficient (Wildman–Crippen LogP) is 5.58. The molecule has 0 aliphatic carbocycles. The van der Waals surface area contributed by atoms with Crippen molar-refractivity contribution in [3.05, 3.63) is 64.1 Å². The number of benzene rings is 1. The molecule has 18 heavy (non-hydrogen) atoms. The molecular weight excluding hydrogens is 310 g/mol. The molecule has 0 N–H and O–H groups in total. The summed E-state index contributed by atoms with van der Waals surface area (Å²) in [5, 5.41) is 0.496. The maximum absolute atomic E-state index is 5.67. The van der Waals surface area contributed by atoms with Gasteiger partial charge in [-0.05, 0) is 43.7 Å². The van der Waals surface area contributed by atoms with E-state index in [4.69, 9.17) is 11.6 Å². The third-order valence-electron chi connectivity index (χ3n) is 2.22. The smallest absolute Gasteiger partial charge is 0.0662 e. The first kappa shape index (κ1) is 14.9. The molecule has 0 aliphatic rings. The van der Waals surface area contributed by atoms with Crippen molar-refractivity contribution < 1.29 is 0 Å². The van der Waals surface area contributed by atoms with Gasteiger partial charge < -0.3 is 0 Å². The molecule has 0 saturated heterocycles. The molecule has 0 radical (unpaired) electrons. The van der Waals surface area contributed by atoms with Gasteiger partial charge in [0, 0.05) is 15.2 Å². The molecule has 1 rings (SSSR count). The van der Waals surface area contributed by atoms with E-state index in [9.17, 15) is 0 Å². The van der Waals surface area contributed by atoms with E-state index in [0.29, 0.717) is 5.03 Å². The van der Waals surface area contributed by atoms with Gasteiger partial charge in [0.2, 0.25) is 0 Å². The fraction of sp³-hybridized carbons (Fsp3) is 0.133. The zero-order valence-corrected chi connectivity index (χ0v) is 12.8. The summed E-state index contributed by atoms with van der Waals surface area (Å²) in [5.74, 6) is 0. The van der Waals surface area contributed by atoms with Gasteiger partial charge in [0.1, 0.15) is 0 Å². The van der Waals surface area contributed by atoms with Crippen molar-refractivity contribution in [2.75, 3.05) is 0 Å². The number of allylic oxidation sites excluding steroid dienone is 4. The van der Waals surface area contributed by atoms with Crippen molar-refractivity contribution in [2.45, 2.75) is 13.8 Å². The summed E-state index contributed by atoms with van der Waals surface area (Å²) in [6, 6.07) is 8.06. The lowest BCUT2D eigenvalue weighted by Gasteiger charge is -2.03. The van der Waals surface area contributed by atoms with Crippen molar-refractivity contribution in [3.8, 4) is 0 Å². The largest absolute Gasteiger partial charge is 0.253 e. The van der Waals surface area contributed by atoms with Crippen LogP contribution in [0.4, 0.5) is 0 Å². The number of halogens is 2. The molecule has 0 spiro atoms. The third-order valence-corrected chi connectivity index (χ3v) is 2.87. The van der Waals surface area contributed by atoms with Crippen LogP contribution in [-0.2, 0) is 0 Å². The zero-order valence-electron chi connectivity index (χ0n) is 10.5. The molecule has 0 amide bonds. The van der Waals surface area contributed by atoms with Crippen LogP contribution in [-0.4, -0.2) is 5.71 Å². The Bertz CT molecular complexity index is 510. The monoisotopic (exact) mass is 323 g/mol. The lowest BCUT2D eigenvalue weighted by molar-refractivity contribution is 1.46. The Morgan fingerprint density at radius 1 is 1.28 bits per heavy atom. The SMILES string of the molecule is C=C(Cl)/C=C\C(C)=NC(=CC)c1ccc(Br)cc1. The maximum atomic E-state index is 5.67. The van der Waals surface area contributed by atoms with E-state index >= 15 is 0 Å². The summed E-state index contributed by atoms with van der Waals surface area (Å²) in [4.78, 5) is 4.54. The predicted molar refractivity (Wildman–Crippen MR) is 85.0 cm³/mol. The van der Waals surface area contributed by atoms with Gasteiger partial charge in [0.25, 0.3) is 0 Å². The molecule has 0 saturated carbocycles. The van der Waals surface area contributed by atoms with Gasteiger partial charge in [-0.1, -0.05) is 52.3 Å². The summed E-state index contributed by atoms with van der Waals surface area (Å²) in [5.41, 5.74) is 2.90. The Balaban J connectivity index is 2.95. The molecule has 0 atom stereocenters. The van der Waals surface area contributed by atoms with Crippen LogP contribution in [0.3, 0.4) is 0 Å². The minimum atomic E-state index is 0.496. The van der Waals surface area contributed by atoms with Gasteiger partial charge in [-0.3, -0.25) is 4.99 Å². The van der Waals surface area contributed by atoms with Gasteiger partial charge in [-0.2, -0.15) is 0 Å². The molecule has 94 valence electrons. The normalized spacial score (nSPS) is 13.1. The Hall–Kier alpha value is -1.12. The van der Waals surface area contributed by atoms with Crippen molar-refractivity contribution >= 4 is 38.9 Å². The summed E-state index contributed by atoms with van der Waals surface area (Å²) < 4.78 is 1.06.